The minimum absolute atomic E-state index is 0.378. The highest BCUT2D eigenvalue weighted by Gasteiger charge is 2.21. The summed E-state index contributed by atoms with van der Waals surface area (Å²) in [5.41, 5.74) is 2.00. The zero-order valence-electron chi connectivity index (χ0n) is 14.2. The van der Waals surface area contributed by atoms with E-state index in [2.05, 4.69) is 20.6 Å². The van der Waals surface area contributed by atoms with Crippen molar-refractivity contribution in [2.24, 2.45) is 0 Å². The fourth-order valence-corrected chi connectivity index (χ4v) is 3.18. The molecule has 4 rings (SSSR count). The molecule has 25 heavy (non-hydrogen) atoms. The third-order valence-electron chi connectivity index (χ3n) is 4.53. The molecule has 1 fully saturated rings. The molecule has 0 bridgehead atoms. The van der Waals surface area contributed by atoms with Crippen molar-refractivity contribution in [3.8, 4) is 17.3 Å². The van der Waals surface area contributed by atoms with E-state index in [1.54, 1.807) is 13.3 Å². The fourth-order valence-electron chi connectivity index (χ4n) is 3.18. The first kappa shape index (κ1) is 15.8. The molecule has 1 aliphatic heterocycles. The number of piperidine rings is 1. The minimum Gasteiger partial charge on any atom is -0.497 e. The summed E-state index contributed by atoms with van der Waals surface area (Å²) in [4.78, 5) is 4.56. The van der Waals surface area contributed by atoms with Gasteiger partial charge in [0.05, 0.1) is 13.2 Å². The molecule has 3 heterocycles. The molecular formula is C18H21N5O2. The topological polar surface area (TPSA) is 78.0 Å². The number of rotatable bonds is 5. The number of hydrogen-bond donors (Lipinski definition) is 1. The normalized spacial score (nSPS) is 15.4. The lowest BCUT2D eigenvalue weighted by Crippen LogP contribution is -2.30. The Hall–Kier alpha value is -2.67. The summed E-state index contributed by atoms with van der Waals surface area (Å²) in [6.07, 6.45) is 4.53. The highest BCUT2D eigenvalue weighted by molar-refractivity contribution is 5.46. The van der Waals surface area contributed by atoms with Gasteiger partial charge < -0.3 is 14.6 Å². The molecule has 1 N–H and O–H groups in total. The lowest BCUT2D eigenvalue weighted by atomic mass is 10.1. The lowest BCUT2D eigenvalue weighted by molar-refractivity contribution is 0.340. The van der Waals surface area contributed by atoms with Crippen molar-refractivity contribution in [3.05, 3.63) is 47.9 Å². The molecule has 0 aliphatic carbocycles. The van der Waals surface area contributed by atoms with E-state index in [0.29, 0.717) is 24.2 Å². The van der Waals surface area contributed by atoms with Gasteiger partial charge in [-0.15, -0.1) is 0 Å². The summed E-state index contributed by atoms with van der Waals surface area (Å²) >= 11 is 0. The molecule has 0 radical (unpaired) electrons. The highest BCUT2D eigenvalue weighted by Crippen LogP contribution is 2.26. The number of aromatic nitrogens is 4. The van der Waals surface area contributed by atoms with Crippen molar-refractivity contribution in [1.82, 2.24) is 25.2 Å². The molecule has 130 valence electrons. The van der Waals surface area contributed by atoms with Crippen LogP contribution in [0.4, 0.5) is 0 Å². The molecule has 0 atom stereocenters. The van der Waals surface area contributed by atoms with Crippen LogP contribution < -0.4 is 10.1 Å². The van der Waals surface area contributed by atoms with Crippen LogP contribution in [0.5, 0.6) is 5.75 Å². The van der Waals surface area contributed by atoms with E-state index in [-0.39, 0.29) is 0 Å². The first-order valence-corrected chi connectivity index (χ1v) is 8.53. The van der Waals surface area contributed by atoms with Crippen molar-refractivity contribution in [2.75, 3.05) is 20.2 Å². The second-order valence-corrected chi connectivity index (χ2v) is 6.18. The van der Waals surface area contributed by atoms with Crippen LogP contribution in [0.1, 0.15) is 30.3 Å². The molecule has 1 aromatic carbocycles. The van der Waals surface area contributed by atoms with Crippen LogP contribution >= 0.6 is 0 Å². The van der Waals surface area contributed by atoms with Gasteiger partial charge >= 0.3 is 0 Å². The van der Waals surface area contributed by atoms with Crippen molar-refractivity contribution in [3.63, 3.8) is 0 Å². The smallest absolute Gasteiger partial charge is 0.276 e. The van der Waals surface area contributed by atoms with Crippen LogP contribution in [-0.2, 0) is 6.42 Å². The van der Waals surface area contributed by atoms with Gasteiger partial charge in [-0.3, -0.25) is 4.68 Å². The molecular weight excluding hydrogens is 318 g/mol. The molecule has 0 unspecified atom stereocenters. The standard InChI is InChI=1S/C18H21N5O2/c1-24-15-4-2-13(3-5-15)12-17-21-18(25-22-17)16-8-11-20-23(16)14-6-9-19-10-7-14/h2-5,8,11,14,19H,6-7,9-10,12H2,1H3. The van der Waals surface area contributed by atoms with Crippen molar-refractivity contribution < 1.29 is 9.26 Å². The molecule has 7 heteroatoms. The van der Waals surface area contributed by atoms with Gasteiger partial charge in [0.25, 0.3) is 5.89 Å². The predicted molar refractivity (Wildman–Crippen MR) is 92.5 cm³/mol. The summed E-state index contributed by atoms with van der Waals surface area (Å²) in [5, 5.41) is 12.0. The van der Waals surface area contributed by atoms with Gasteiger partial charge in [-0.1, -0.05) is 17.3 Å². The van der Waals surface area contributed by atoms with E-state index in [0.717, 1.165) is 42.9 Å². The van der Waals surface area contributed by atoms with E-state index in [9.17, 15) is 0 Å². The average Bonchev–Trinajstić information content (AvgIpc) is 3.32. The number of ether oxygens (including phenoxy) is 1. The largest absolute Gasteiger partial charge is 0.497 e. The number of benzene rings is 1. The monoisotopic (exact) mass is 339 g/mol. The van der Waals surface area contributed by atoms with Crippen molar-refractivity contribution >= 4 is 0 Å². The molecule has 0 spiro atoms. The zero-order valence-corrected chi connectivity index (χ0v) is 14.2. The molecule has 1 saturated heterocycles. The number of nitrogens with zero attached hydrogens (tertiary/aromatic N) is 4. The van der Waals surface area contributed by atoms with Crippen LogP contribution in [0, 0.1) is 0 Å². The van der Waals surface area contributed by atoms with Gasteiger partial charge in [-0.25, -0.2) is 0 Å². The maximum Gasteiger partial charge on any atom is 0.276 e. The number of nitrogens with one attached hydrogen (secondary N) is 1. The van der Waals surface area contributed by atoms with Crippen LogP contribution in [0.3, 0.4) is 0 Å². The maximum atomic E-state index is 5.50. The first-order chi connectivity index (χ1) is 12.3. The van der Waals surface area contributed by atoms with Gasteiger partial charge in [0.15, 0.2) is 5.82 Å². The molecule has 7 nitrogen and oxygen atoms in total. The predicted octanol–water partition coefficient (Wildman–Crippen LogP) is 2.46. The Labute approximate surface area is 146 Å². The number of hydrogen-bond acceptors (Lipinski definition) is 6. The second kappa shape index (κ2) is 7.06. The molecule has 1 aliphatic rings. The van der Waals surface area contributed by atoms with Gasteiger partial charge in [-0.2, -0.15) is 10.1 Å². The highest BCUT2D eigenvalue weighted by atomic mass is 16.5. The SMILES string of the molecule is COc1ccc(Cc2noc(-c3ccnn3C3CCNCC3)n2)cc1. The van der Waals surface area contributed by atoms with Crippen LogP contribution in [0.25, 0.3) is 11.6 Å². The molecule has 0 saturated carbocycles. The molecule has 0 amide bonds. The Kier molecular flexibility index (Phi) is 4.47. The van der Waals surface area contributed by atoms with Crippen LogP contribution in [0.15, 0.2) is 41.1 Å². The Balaban J connectivity index is 1.52. The second-order valence-electron chi connectivity index (χ2n) is 6.18. The third-order valence-corrected chi connectivity index (χ3v) is 4.53. The lowest BCUT2D eigenvalue weighted by Gasteiger charge is -2.23. The summed E-state index contributed by atoms with van der Waals surface area (Å²) in [6.45, 7) is 2.02. The maximum absolute atomic E-state index is 5.50. The molecule has 2 aromatic heterocycles. The van der Waals surface area contributed by atoms with Crippen LogP contribution in [0.2, 0.25) is 0 Å². The summed E-state index contributed by atoms with van der Waals surface area (Å²) in [5.74, 6) is 2.03. The summed E-state index contributed by atoms with van der Waals surface area (Å²) in [7, 11) is 1.66. The first-order valence-electron chi connectivity index (χ1n) is 8.53. The zero-order chi connectivity index (χ0) is 17.1. The fraction of sp³-hybridized carbons (Fsp3) is 0.389. The van der Waals surface area contributed by atoms with E-state index in [4.69, 9.17) is 9.26 Å². The van der Waals surface area contributed by atoms with E-state index in [1.165, 1.54) is 0 Å². The quantitative estimate of drug-likeness (QED) is 0.769. The van der Waals surface area contributed by atoms with E-state index < -0.39 is 0 Å². The van der Waals surface area contributed by atoms with Gasteiger partial charge in [0, 0.05) is 12.6 Å². The van der Waals surface area contributed by atoms with Gasteiger partial charge in [0.2, 0.25) is 0 Å². The van der Waals surface area contributed by atoms with E-state index in [1.807, 2.05) is 35.0 Å². The Morgan fingerprint density at radius 1 is 1.20 bits per heavy atom. The Morgan fingerprint density at radius 2 is 2.00 bits per heavy atom. The minimum atomic E-state index is 0.378. The third kappa shape index (κ3) is 3.41. The van der Waals surface area contributed by atoms with Gasteiger partial charge in [0.1, 0.15) is 11.4 Å². The Bertz CT molecular complexity index is 818. The van der Waals surface area contributed by atoms with Crippen LogP contribution in [-0.4, -0.2) is 40.1 Å². The summed E-state index contributed by atoms with van der Waals surface area (Å²) in [6, 6.07) is 10.2. The molecule has 3 aromatic rings. The summed E-state index contributed by atoms with van der Waals surface area (Å²) < 4.78 is 12.7. The average molecular weight is 339 g/mol. The number of methoxy groups -OCH3 is 1. The van der Waals surface area contributed by atoms with Crippen molar-refractivity contribution in [1.29, 1.82) is 0 Å². The van der Waals surface area contributed by atoms with Crippen molar-refractivity contribution in [2.45, 2.75) is 25.3 Å². The van der Waals surface area contributed by atoms with Gasteiger partial charge in [-0.05, 0) is 49.7 Å². The Morgan fingerprint density at radius 3 is 2.76 bits per heavy atom. The van der Waals surface area contributed by atoms with E-state index >= 15 is 0 Å².